The Labute approximate surface area is 116 Å². The summed E-state index contributed by atoms with van der Waals surface area (Å²) >= 11 is 1.63. The molecule has 2 unspecified atom stereocenters. The third kappa shape index (κ3) is 2.62. The zero-order valence-electron chi connectivity index (χ0n) is 10.9. The molecule has 0 spiro atoms. The van der Waals surface area contributed by atoms with Crippen LogP contribution in [0.3, 0.4) is 0 Å². The number of nitrogens with zero attached hydrogens (tertiary/aromatic N) is 3. The van der Waals surface area contributed by atoms with Gasteiger partial charge in [-0.05, 0) is 13.2 Å². The van der Waals surface area contributed by atoms with Crippen molar-refractivity contribution in [1.82, 2.24) is 10.1 Å². The summed E-state index contributed by atoms with van der Waals surface area (Å²) in [6.07, 6.45) is 2.68. The normalized spacial score (nSPS) is 21.0. The Balaban J connectivity index is 2.19. The summed E-state index contributed by atoms with van der Waals surface area (Å²) < 4.78 is 5.17. The average molecular weight is 283 g/mol. The van der Waals surface area contributed by atoms with Crippen molar-refractivity contribution in [2.24, 2.45) is 0 Å². The van der Waals surface area contributed by atoms with Crippen LogP contribution < -0.4 is 4.90 Å². The zero-order chi connectivity index (χ0) is 14.0. The predicted octanol–water partition coefficient (Wildman–Crippen LogP) is 1.84. The quantitative estimate of drug-likeness (QED) is 0.835. The molecular weight excluding hydrogens is 266 g/mol. The SMILES string of the molecule is C=CCN1CC(O)N(c2cc(C(C)SC)no2)C1=O. The molecule has 1 aromatic rings. The number of thioether (sulfide) groups is 1. The summed E-state index contributed by atoms with van der Waals surface area (Å²) in [5.41, 5.74) is 0.754. The second-order valence-electron chi connectivity index (χ2n) is 4.29. The molecule has 1 aliphatic rings. The fraction of sp³-hybridized carbons (Fsp3) is 0.500. The third-order valence-corrected chi connectivity index (χ3v) is 3.98. The number of urea groups is 1. The lowest BCUT2D eigenvalue weighted by molar-refractivity contribution is 0.176. The van der Waals surface area contributed by atoms with Crippen LogP contribution in [-0.2, 0) is 0 Å². The van der Waals surface area contributed by atoms with Gasteiger partial charge in [0.15, 0.2) is 6.23 Å². The minimum absolute atomic E-state index is 0.177. The monoisotopic (exact) mass is 283 g/mol. The van der Waals surface area contributed by atoms with Crippen molar-refractivity contribution in [1.29, 1.82) is 0 Å². The predicted molar refractivity (Wildman–Crippen MR) is 74.1 cm³/mol. The summed E-state index contributed by atoms with van der Waals surface area (Å²) in [5, 5.41) is 14.1. The zero-order valence-corrected chi connectivity index (χ0v) is 11.8. The van der Waals surface area contributed by atoms with Crippen LogP contribution in [-0.4, -0.2) is 46.8 Å². The number of rotatable bonds is 5. The van der Waals surface area contributed by atoms with Crippen LogP contribution in [0.1, 0.15) is 17.9 Å². The maximum Gasteiger partial charge on any atom is 0.329 e. The van der Waals surface area contributed by atoms with Gasteiger partial charge in [-0.3, -0.25) is 0 Å². The Morgan fingerprint density at radius 3 is 3.16 bits per heavy atom. The van der Waals surface area contributed by atoms with E-state index in [0.29, 0.717) is 6.54 Å². The van der Waals surface area contributed by atoms with Crippen molar-refractivity contribution in [2.75, 3.05) is 24.2 Å². The summed E-state index contributed by atoms with van der Waals surface area (Å²) in [4.78, 5) is 14.8. The standard InChI is InChI=1S/C12H17N3O3S/c1-4-5-14-7-10(16)15(12(14)17)11-6-9(13-18-11)8(2)19-3/h4,6,8,10,16H,1,5,7H2,2-3H3. The summed E-state index contributed by atoms with van der Waals surface area (Å²) in [6, 6.07) is 1.39. The van der Waals surface area contributed by atoms with Crippen LogP contribution in [0.15, 0.2) is 23.2 Å². The Morgan fingerprint density at radius 1 is 1.79 bits per heavy atom. The van der Waals surface area contributed by atoms with Gasteiger partial charge in [0.05, 0.1) is 12.2 Å². The highest BCUT2D eigenvalue weighted by molar-refractivity contribution is 7.98. The first-order chi connectivity index (χ1) is 9.08. The smallest absolute Gasteiger partial charge is 0.329 e. The Bertz CT molecular complexity index is 477. The molecule has 1 aromatic heterocycles. The van der Waals surface area contributed by atoms with Crippen LogP contribution in [0.2, 0.25) is 0 Å². The molecule has 2 amide bonds. The lowest BCUT2D eigenvalue weighted by Gasteiger charge is -2.15. The molecule has 2 rings (SSSR count). The van der Waals surface area contributed by atoms with Gasteiger partial charge in [0.25, 0.3) is 0 Å². The molecule has 0 aromatic carbocycles. The number of aromatic nitrogens is 1. The van der Waals surface area contributed by atoms with Crippen LogP contribution in [0.25, 0.3) is 0 Å². The van der Waals surface area contributed by atoms with E-state index in [-0.39, 0.29) is 23.7 Å². The van der Waals surface area contributed by atoms with Gasteiger partial charge in [0, 0.05) is 17.9 Å². The summed E-state index contributed by atoms with van der Waals surface area (Å²) in [5.74, 6) is 0.278. The van der Waals surface area contributed by atoms with Gasteiger partial charge in [0.2, 0.25) is 5.88 Å². The van der Waals surface area contributed by atoms with Gasteiger partial charge in [0.1, 0.15) is 0 Å². The molecule has 2 atom stereocenters. The lowest BCUT2D eigenvalue weighted by atomic mass is 10.3. The highest BCUT2D eigenvalue weighted by atomic mass is 32.2. The fourth-order valence-corrected chi connectivity index (χ4v) is 2.24. The van der Waals surface area contributed by atoms with Gasteiger partial charge in [-0.2, -0.15) is 11.8 Å². The van der Waals surface area contributed by atoms with Gasteiger partial charge < -0.3 is 14.5 Å². The van der Waals surface area contributed by atoms with Crippen molar-refractivity contribution in [3.63, 3.8) is 0 Å². The van der Waals surface area contributed by atoms with Gasteiger partial charge in [-0.15, -0.1) is 6.58 Å². The van der Waals surface area contributed by atoms with E-state index in [2.05, 4.69) is 11.7 Å². The molecule has 7 heteroatoms. The first kappa shape index (κ1) is 14.0. The molecule has 0 bridgehead atoms. The van der Waals surface area contributed by atoms with Crippen LogP contribution in [0, 0.1) is 0 Å². The molecule has 1 N–H and O–H groups in total. The number of anilines is 1. The number of amides is 2. The van der Waals surface area contributed by atoms with E-state index in [1.807, 2.05) is 13.2 Å². The minimum atomic E-state index is -0.919. The second-order valence-corrected chi connectivity index (χ2v) is 5.47. The molecule has 1 fully saturated rings. The van der Waals surface area contributed by atoms with E-state index < -0.39 is 6.23 Å². The number of hydrogen-bond acceptors (Lipinski definition) is 5. The van der Waals surface area contributed by atoms with Gasteiger partial charge >= 0.3 is 6.03 Å². The van der Waals surface area contributed by atoms with E-state index in [4.69, 9.17) is 4.52 Å². The molecule has 0 saturated carbocycles. The van der Waals surface area contributed by atoms with Crippen molar-refractivity contribution in [2.45, 2.75) is 18.4 Å². The van der Waals surface area contributed by atoms with Gasteiger partial charge in [-0.25, -0.2) is 9.69 Å². The van der Waals surface area contributed by atoms with Crippen molar-refractivity contribution in [3.8, 4) is 0 Å². The highest BCUT2D eigenvalue weighted by Crippen LogP contribution is 2.30. The number of carbonyl (C=O) groups excluding carboxylic acids is 1. The Kier molecular flexibility index (Phi) is 4.16. The molecule has 0 radical (unpaired) electrons. The second kappa shape index (κ2) is 5.66. The topological polar surface area (TPSA) is 69.8 Å². The Hall–Kier alpha value is -1.47. The molecule has 0 aliphatic carbocycles. The first-order valence-corrected chi connectivity index (χ1v) is 7.23. The van der Waals surface area contributed by atoms with E-state index in [1.165, 1.54) is 9.80 Å². The number of aliphatic hydroxyl groups is 1. The first-order valence-electron chi connectivity index (χ1n) is 5.95. The third-order valence-electron chi connectivity index (χ3n) is 3.03. The van der Waals surface area contributed by atoms with Crippen molar-refractivity contribution < 1.29 is 14.4 Å². The molecular formula is C12H17N3O3S. The Morgan fingerprint density at radius 2 is 2.53 bits per heavy atom. The average Bonchev–Trinajstić information content (AvgIpc) is 2.95. The summed E-state index contributed by atoms with van der Waals surface area (Å²) in [6.45, 7) is 6.22. The fourth-order valence-electron chi connectivity index (χ4n) is 1.89. The number of aliphatic hydroxyl groups excluding tert-OH is 1. The van der Waals surface area contributed by atoms with Crippen molar-refractivity contribution >= 4 is 23.7 Å². The van der Waals surface area contributed by atoms with Crippen LogP contribution in [0.4, 0.5) is 10.7 Å². The number of carbonyl (C=O) groups is 1. The molecule has 6 nitrogen and oxygen atoms in total. The van der Waals surface area contributed by atoms with E-state index in [0.717, 1.165) is 5.69 Å². The lowest BCUT2D eigenvalue weighted by Crippen LogP contribution is -2.34. The maximum atomic E-state index is 12.1. The molecule has 1 aliphatic heterocycles. The largest absolute Gasteiger partial charge is 0.371 e. The number of hydrogen-bond donors (Lipinski definition) is 1. The van der Waals surface area contributed by atoms with Crippen LogP contribution in [0.5, 0.6) is 0 Å². The van der Waals surface area contributed by atoms with Crippen molar-refractivity contribution in [3.05, 3.63) is 24.4 Å². The molecule has 1 saturated heterocycles. The summed E-state index contributed by atoms with van der Waals surface area (Å²) in [7, 11) is 0. The van der Waals surface area contributed by atoms with E-state index in [9.17, 15) is 9.90 Å². The van der Waals surface area contributed by atoms with E-state index >= 15 is 0 Å². The highest BCUT2D eigenvalue weighted by Gasteiger charge is 2.38. The number of β-amino-alcohol motifs (C(OH)–C–C–N with tert-alkyl or cyclic N) is 1. The molecule has 19 heavy (non-hydrogen) atoms. The molecule has 104 valence electrons. The minimum Gasteiger partial charge on any atom is -0.371 e. The molecule has 2 heterocycles. The van der Waals surface area contributed by atoms with E-state index in [1.54, 1.807) is 23.9 Å². The maximum absolute atomic E-state index is 12.1. The van der Waals surface area contributed by atoms with Gasteiger partial charge in [-0.1, -0.05) is 11.2 Å². The van der Waals surface area contributed by atoms with Crippen LogP contribution >= 0.6 is 11.8 Å².